The monoisotopic (exact) mass is 200 g/mol. The predicted molar refractivity (Wildman–Crippen MR) is 55.9 cm³/mol. The molecule has 1 N–H and O–H groups in total. The van der Waals surface area contributed by atoms with Crippen LogP contribution < -0.4 is 0 Å². The highest BCUT2D eigenvalue weighted by Crippen LogP contribution is 2.15. The van der Waals surface area contributed by atoms with Crippen molar-refractivity contribution < 1.29 is 14.6 Å². The van der Waals surface area contributed by atoms with E-state index < -0.39 is 6.10 Å². The highest BCUT2D eigenvalue weighted by atomic mass is 16.5. The summed E-state index contributed by atoms with van der Waals surface area (Å²) in [6.07, 6.45) is 1.44. The smallest absolute Gasteiger partial charge is 0.305 e. The summed E-state index contributed by atoms with van der Waals surface area (Å²) in [6.45, 7) is 7.44. The molecule has 0 aliphatic carbocycles. The minimum absolute atomic E-state index is 0.192. The van der Waals surface area contributed by atoms with Crippen LogP contribution in [0.25, 0.3) is 0 Å². The zero-order valence-electron chi connectivity index (χ0n) is 9.25. The summed E-state index contributed by atoms with van der Waals surface area (Å²) in [5.41, 5.74) is 0.773. The molecule has 0 aliphatic heterocycles. The van der Waals surface area contributed by atoms with Crippen LogP contribution in [0.15, 0.2) is 12.2 Å². The molecule has 0 aromatic heterocycles. The van der Waals surface area contributed by atoms with Crippen molar-refractivity contribution in [1.29, 1.82) is 0 Å². The second-order valence-electron chi connectivity index (χ2n) is 3.82. The van der Waals surface area contributed by atoms with Crippen molar-refractivity contribution in [3.05, 3.63) is 12.2 Å². The standard InChI is InChI=1S/C11H20O3/c1-8(2)10(12)6-5-9(3)7-11(13)14-4/h9-10,12H,1,5-7H2,2-4H3. The van der Waals surface area contributed by atoms with E-state index in [2.05, 4.69) is 11.3 Å². The Kier molecular flexibility index (Phi) is 6.21. The molecule has 0 aromatic carbocycles. The maximum Gasteiger partial charge on any atom is 0.305 e. The lowest BCUT2D eigenvalue weighted by atomic mass is 9.97. The first-order chi connectivity index (χ1) is 6.47. The molecule has 2 atom stereocenters. The van der Waals surface area contributed by atoms with Crippen molar-refractivity contribution in [2.24, 2.45) is 5.92 Å². The van der Waals surface area contributed by atoms with Crippen molar-refractivity contribution in [2.45, 2.75) is 39.2 Å². The molecule has 14 heavy (non-hydrogen) atoms. The first-order valence-electron chi connectivity index (χ1n) is 4.87. The van der Waals surface area contributed by atoms with Gasteiger partial charge in [-0.1, -0.05) is 19.1 Å². The van der Waals surface area contributed by atoms with Crippen molar-refractivity contribution in [3.63, 3.8) is 0 Å². The molecule has 0 saturated carbocycles. The van der Waals surface area contributed by atoms with Crippen LogP contribution in [0, 0.1) is 5.92 Å². The average molecular weight is 200 g/mol. The molecule has 0 saturated heterocycles. The number of ether oxygens (including phenoxy) is 1. The Morgan fingerprint density at radius 1 is 1.50 bits per heavy atom. The minimum Gasteiger partial charge on any atom is -0.469 e. The third kappa shape index (κ3) is 5.75. The van der Waals surface area contributed by atoms with Gasteiger partial charge in [0.1, 0.15) is 0 Å². The van der Waals surface area contributed by atoms with Crippen LogP contribution in [0.4, 0.5) is 0 Å². The summed E-state index contributed by atoms with van der Waals surface area (Å²) in [6, 6.07) is 0. The Hall–Kier alpha value is -0.830. The highest BCUT2D eigenvalue weighted by Gasteiger charge is 2.11. The third-order valence-corrected chi connectivity index (χ3v) is 2.24. The van der Waals surface area contributed by atoms with Crippen molar-refractivity contribution in [1.82, 2.24) is 0 Å². The van der Waals surface area contributed by atoms with E-state index in [0.29, 0.717) is 12.8 Å². The molecule has 0 bridgehead atoms. The Morgan fingerprint density at radius 2 is 2.07 bits per heavy atom. The molecule has 0 rings (SSSR count). The van der Waals surface area contributed by atoms with Gasteiger partial charge in [0.15, 0.2) is 0 Å². The Bertz CT molecular complexity index is 199. The molecule has 0 aromatic rings. The van der Waals surface area contributed by atoms with Gasteiger partial charge in [-0.05, 0) is 25.7 Å². The first-order valence-corrected chi connectivity index (χ1v) is 4.87. The largest absolute Gasteiger partial charge is 0.469 e. The number of rotatable bonds is 6. The lowest BCUT2D eigenvalue weighted by molar-refractivity contribution is -0.141. The minimum atomic E-state index is -0.449. The summed E-state index contributed by atoms with van der Waals surface area (Å²) in [4.78, 5) is 10.9. The Balaban J connectivity index is 3.68. The lowest BCUT2D eigenvalue weighted by Gasteiger charge is -2.13. The fourth-order valence-electron chi connectivity index (χ4n) is 1.16. The molecule has 0 fully saturated rings. The fraction of sp³-hybridized carbons (Fsp3) is 0.727. The van der Waals surface area contributed by atoms with Gasteiger partial charge in [-0.2, -0.15) is 0 Å². The van der Waals surface area contributed by atoms with Gasteiger partial charge < -0.3 is 9.84 Å². The third-order valence-electron chi connectivity index (χ3n) is 2.24. The second-order valence-corrected chi connectivity index (χ2v) is 3.82. The van der Waals surface area contributed by atoms with Crippen LogP contribution in [0.5, 0.6) is 0 Å². The van der Waals surface area contributed by atoms with Gasteiger partial charge in [-0.25, -0.2) is 0 Å². The molecule has 0 radical (unpaired) electrons. The summed E-state index contributed by atoms with van der Waals surface area (Å²) < 4.78 is 4.56. The van der Waals surface area contributed by atoms with Gasteiger partial charge in [-0.15, -0.1) is 0 Å². The second kappa shape index (κ2) is 6.60. The van der Waals surface area contributed by atoms with Crippen LogP contribution in [-0.2, 0) is 9.53 Å². The van der Waals surface area contributed by atoms with Crippen LogP contribution in [0.1, 0.15) is 33.1 Å². The van der Waals surface area contributed by atoms with E-state index in [1.807, 2.05) is 6.92 Å². The number of carbonyl (C=O) groups is 1. The number of hydrogen-bond acceptors (Lipinski definition) is 3. The van der Waals surface area contributed by atoms with Crippen LogP contribution in [0.2, 0.25) is 0 Å². The fourth-order valence-corrected chi connectivity index (χ4v) is 1.16. The van der Waals surface area contributed by atoms with Crippen LogP contribution >= 0.6 is 0 Å². The van der Waals surface area contributed by atoms with Crippen molar-refractivity contribution >= 4 is 5.97 Å². The lowest BCUT2D eigenvalue weighted by Crippen LogP contribution is -2.12. The summed E-state index contributed by atoms with van der Waals surface area (Å²) in [5.74, 6) is 0.0544. The van der Waals surface area contributed by atoms with Crippen molar-refractivity contribution in [3.8, 4) is 0 Å². The van der Waals surface area contributed by atoms with Crippen molar-refractivity contribution in [2.75, 3.05) is 7.11 Å². The van der Waals surface area contributed by atoms with E-state index in [-0.39, 0.29) is 11.9 Å². The molecule has 0 amide bonds. The number of aliphatic hydroxyl groups is 1. The van der Waals surface area contributed by atoms with E-state index in [1.54, 1.807) is 6.92 Å². The van der Waals surface area contributed by atoms with Gasteiger partial charge >= 0.3 is 5.97 Å². The topological polar surface area (TPSA) is 46.5 Å². The number of methoxy groups -OCH3 is 1. The maximum absolute atomic E-state index is 10.9. The predicted octanol–water partition coefficient (Wildman–Crippen LogP) is 1.90. The number of hydrogen-bond donors (Lipinski definition) is 1. The van der Waals surface area contributed by atoms with E-state index in [4.69, 9.17) is 0 Å². The summed E-state index contributed by atoms with van der Waals surface area (Å²) in [5, 5.41) is 9.45. The first kappa shape index (κ1) is 13.2. The molecule has 82 valence electrons. The molecule has 0 spiro atoms. The molecular weight excluding hydrogens is 180 g/mol. The molecule has 3 heteroatoms. The maximum atomic E-state index is 10.9. The number of carbonyl (C=O) groups excluding carboxylic acids is 1. The molecule has 0 aliphatic rings. The number of esters is 1. The van der Waals surface area contributed by atoms with Crippen LogP contribution in [-0.4, -0.2) is 24.3 Å². The van der Waals surface area contributed by atoms with Gasteiger partial charge in [0.2, 0.25) is 0 Å². The van der Waals surface area contributed by atoms with Gasteiger partial charge in [0.05, 0.1) is 13.2 Å². The quantitative estimate of drug-likeness (QED) is 0.526. The van der Waals surface area contributed by atoms with E-state index in [9.17, 15) is 9.90 Å². The zero-order chi connectivity index (χ0) is 11.1. The van der Waals surface area contributed by atoms with Crippen LogP contribution in [0.3, 0.4) is 0 Å². The van der Waals surface area contributed by atoms with Gasteiger partial charge in [0.25, 0.3) is 0 Å². The normalized spacial score (nSPS) is 14.6. The Labute approximate surface area is 85.8 Å². The Morgan fingerprint density at radius 3 is 2.50 bits per heavy atom. The summed E-state index contributed by atoms with van der Waals surface area (Å²) >= 11 is 0. The van der Waals surface area contributed by atoms with E-state index in [0.717, 1.165) is 12.0 Å². The molecular formula is C11H20O3. The van der Waals surface area contributed by atoms with E-state index in [1.165, 1.54) is 7.11 Å². The summed E-state index contributed by atoms with van der Waals surface area (Å²) in [7, 11) is 1.39. The number of aliphatic hydroxyl groups excluding tert-OH is 1. The van der Waals surface area contributed by atoms with Gasteiger partial charge in [-0.3, -0.25) is 4.79 Å². The molecule has 3 nitrogen and oxygen atoms in total. The molecule has 0 heterocycles. The zero-order valence-corrected chi connectivity index (χ0v) is 9.25. The molecule has 2 unspecified atom stereocenters. The van der Waals surface area contributed by atoms with E-state index >= 15 is 0 Å². The SMILES string of the molecule is C=C(C)C(O)CCC(C)CC(=O)OC. The highest BCUT2D eigenvalue weighted by molar-refractivity contribution is 5.69. The van der Waals surface area contributed by atoms with Gasteiger partial charge in [0, 0.05) is 6.42 Å². The average Bonchev–Trinajstić information content (AvgIpc) is 2.13.